The van der Waals surface area contributed by atoms with Crippen molar-refractivity contribution in [2.75, 3.05) is 12.3 Å². The summed E-state index contributed by atoms with van der Waals surface area (Å²) in [7, 11) is 0. The third kappa shape index (κ3) is 5.15. The van der Waals surface area contributed by atoms with E-state index in [4.69, 9.17) is 4.42 Å². The van der Waals surface area contributed by atoms with Gasteiger partial charge in [-0.1, -0.05) is 23.4 Å². The van der Waals surface area contributed by atoms with Gasteiger partial charge in [0.15, 0.2) is 0 Å². The Morgan fingerprint density at radius 1 is 1.36 bits per heavy atom. The minimum Gasteiger partial charge on any atom is -0.410 e. The molecule has 3 rings (SSSR count). The van der Waals surface area contributed by atoms with Crippen LogP contribution in [-0.2, 0) is 4.79 Å². The van der Waals surface area contributed by atoms with Crippen molar-refractivity contribution in [3.8, 4) is 10.8 Å². The summed E-state index contributed by atoms with van der Waals surface area (Å²) < 4.78 is 5.64. The molecular weight excluding hydrogens is 356 g/mol. The van der Waals surface area contributed by atoms with Crippen molar-refractivity contribution in [2.24, 2.45) is 0 Å². The molecule has 0 radical (unpaired) electrons. The van der Waals surface area contributed by atoms with Crippen LogP contribution in [0.25, 0.3) is 10.8 Å². The van der Waals surface area contributed by atoms with E-state index < -0.39 is 0 Å². The Morgan fingerprint density at radius 3 is 2.96 bits per heavy atom. The van der Waals surface area contributed by atoms with Gasteiger partial charge in [-0.05, 0) is 46.0 Å². The topological polar surface area (TPSA) is 80.9 Å². The number of carbonyl (C=O) groups excluding carboxylic acids is 1. The summed E-state index contributed by atoms with van der Waals surface area (Å²) in [6.45, 7) is 4.56. The molecule has 0 spiro atoms. The largest absolute Gasteiger partial charge is 0.410 e. The smallest absolute Gasteiger partial charge is 0.277 e. The molecule has 2 heterocycles. The Bertz CT molecular complexity index is 767. The predicted octanol–water partition coefficient (Wildman–Crippen LogP) is 3.91. The van der Waals surface area contributed by atoms with Crippen LogP contribution < -0.4 is 5.32 Å². The number of aromatic nitrogens is 3. The van der Waals surface area contributed by atoms with Gasteiger partial charge < -0.3 is 9.73 Å². The SMILES string of the molecule is Cc1nc(C)c(-c2nnc(SCC(=O)NCCC3=CCCCC3)o2)s1. The number of nitrogens with zero attached hydrogens (tertiary/aromatic N) is 3. The molecule has 0 aliphatic heterocycles. The maximum absolute atomic E-state index is 11.9. The number of aryl methyl sites for hydroxylation is 2. The second kappa shape index (κ2) is 8.62. The van der Waals surface area contributed by atoms with Crippen molar-refractivity contribution in [1.82, 2.24) is 20.5 Å². The number of hydrogen-bond acceptors (Lipinski definition) is 7. The van der Waals surface area contributed by atoms with Crippen molar-refractivity contribution in [2.45, 2.75) is 51.2 Å². The van der Waals surface area contributed by atoms with E-state index in [0.717, 1.165) is 22.0 Å². The average molecular weight is 379 g/mol. The lowest BCUT2D eigenvalue weighted by Crippen LogP contribution is -2.26. The highest BCUT2D eigenvalue weighted by atomic mass is 32.2. The molecule has 25 heavy (non-hydrogen) atoms. The molecule has 0 fully saturated rings. The third-order valence-electron chi connectivity index (χ3n) is 3.98. The van der Waals surface area contributed by atoms with E-state index in [1.165, 1.54) is 54.4 Å². The van der Waals surface area contributed by atoms with Crippen LogP contribution >= 0.6 is 23.1 Å². The van der Waals surface area contributed by atoms with Crippen molar-refractivity contribution < 1.29 is 9.21 Å². The lowest BCUT2D eigenvalue weighted by Gasteiger charge is -2.12. The molecule has 2 aromatic rings. The number of carbonyl (C=O) groups is 1. The molecule has 2 aromatic heterocycles. The summed E-state index contributed by atoms with van der Waals surface area (Å²) in [5.74, 6) is 0.739. The summed E-state index contributed by atoms with van der Waals surface area (Å²) in [5, 5.41) is 12.4. The molecule has 1 N–H and O–H groups in total. The molecule has 1 aliphatic rings. The minimum atomic E-state index is -0.00836. The quantitative estimate of drug-likeness (QED) is 0.581. The standard InChI is InChI=1S/C17H22N4O2S2/c1-11-15(25-12(2)19-11)16-20-21-17(23-16)24-10-14(22)18-9-8-13-6-4-3-5-7-13/h6H,3-5,7-10H2,1-2H3,(H,18,22). The fourth-order valence-electron chi connectivity index (χ4n) is 2.76. The molecule has 0 saturated heterocycles. The molecular formula is C17H22N4O2S2. The van der Waals surface area contributed by atoms with Crippen molar-refractivity contribution in [1.29, 1.82) is 0 Å². The monoisotopic (exact) mass is 378 g/mol. The van der Waals surface area contributed by atoms with E-state index in [0.29, 0.717) is 17.7 Å². The number of rotatable bonds is 7. The van der Waals surface area contributed by atoms with Crippen LogP contribution in [0.3, 0.4) is 0 Å². The Hall–Kier alpha value is -1.67. The number of thioether (sulfide) groups is 1. The summed E-state index contributed by atoms with van der Waals surface area (Å²) in [6, 6.07) is 0. The van der Waals surface area contributed by atoms with Crippen LogP contribution in [0, 0.1) is 13.8 Å². The molecule has 1 aliphatic carbocycles. The van der Waals surface area contributed by atoms with Gasteiger partial charge in [-0.3, -0.25) is 4.79 Å². The highest BCUT2D eigenvalue weighted by molar-refractivity contribution is 7.99. The van der Waals surface area contributed by atoms with Crippen LogP contribution in [0.5, 0.6) is 0 Å². The maximum atomic E-state index is 11.9. The highest BCUT2D eigenvalue weighted by Crippen LogP contribution is 2.30. The van der Waals surface area contributed by atoms with Crippen LogP contribution in [0.4, 0.5) is 0 Å². The fourth-order valence-corrected chi connectivity index (χ4v) is 4.20. The molecule has 6 nitrogen and oxygen atoms in total. The third-order valence-corrected chi connectivity index (χ3v) is 5.86. The Morgan fingerprint density at radius 2 is 2.24 bits per heavy atom. The first-order valence-electron chi connectivity index (χ1n) is 8.47. The number of hydrogen-bond donors (Lipinski definition) is 1. The molecule has 0 atom stereocenters. The average Bonchev–Trinajstić information content (AvgIpc) is 3.20. The van der Waals surface area contributed by atoms with E-state index in [-0.39, 0.29) is 11.7 Å². The maximum Gasteiger partial charge on any atom is 0.277 e. The zero-order valence-electron chi connectivity index (χ0n) is 14.5. The van der Waals surface area contributed by atoms with Gasteiger partial charge in [0.2, 0.25) is 5.91 Å². The molecule has 0 bridgehead atoms. The van der Waals surface area contributed by atoms with Gasteiger partial charge in [0.25, 0.3) is 11.1 Å². The summed E-state index contributed by atoms with van der Waals surface area (Å²) >= 11 is 2.79. The van der Waals surface area contributed by atoms with Crippen LogP contribution in [-0.4, -0.2) is 33.4 Å². The van der Waals surface area contributed by atoms with Gasteiger partial charge in [0, 0.05) is 6.54 Å². The van der Waals surface area contributed by atoms with E-state index in [2.05, 4.69) is 26.6 Å². The van der Waals surface area contributed by atoms with Crippen LogP contribution in [0.2, 0.25) is 0 Å². The molecule has 0 saturated carbocycles. The fraction of sp³-hybridized carbons (Fsp3) is 0.529. The first-order valence-corrected chi connectivity index (χ1v) is 10.3. The molecule has 134 valence electrons. The number of allylic oxidation sites excluding steroid dienone is 1. The first-order chi connectivity index (χ1) is 12.1. The number of thiazole rings is 1. The zero-order valence-corrected chi connectivity index (χ0v) is 16.1. The first kappa shape index (κ1) is 18.1. The van der Waals surface area contributed by atoms with Gasteiger partial charge in [-0.25, -0.2) is 4.98 Å². The summed E-state index contributed by atoms with van der Waals surface area (Å²) in [4.78, 5) is 17.2. The number of nitrogens with one attached hydrogen (secondary N) is 1. The van der Waals surface area contributed by atoms with Crippen molar-refractivity contribution >= 4 is 29.0 Å². The lowest BCUT2D eigenvalue weighted by atomic mass is 9.97. The van der Waals surface area contributed by atoms with E-state index in [1.807, 2.05) is 13.8 Å². The van der Waals surface area contributed by atoms with Gasteiger partial charge >= 0.3 is 0 Å². The Labute approximate surface area is 155 Å². The molecule has 8 heteroatoms. The van der Waals surface area contributed by atoms with E-state index >= 15 is 0 Å². The van der Waals surface area contributed by atoms with Crippen molar-refractivity contribution in [3.05, 3.63) is 22.4 Å². The zero-order chi connectivity index (χ0) is 17.6. The second-order valence-electron chi connectivity index (χ2n) is 6.02. The Balaban J connectivity index is 1.43. The summed E-state index contributed by atoms with van der Waals surface area (Å²) in [5.41, 5.74) is 2.36. The van der Waals surface area contributed by atoms with Crippen LogP contribution in [0.15, 0.2) is 21.3 Å². The van der Waals surface area contributed by atoms with Gasteiger partial charge in [0.1, 0.15) is 4.88 Å². The minimum absolute atomic E-state index is 0.00836. The molecule has 0 unspecified atom stereocenters. The normalized spacial score (nSPS) is 14.4. The van der Waals surface area contributed by atoms with Gasteiger partial charge in [0.05, 0.1) is 16.5 Å². The van der Waals surface area contributed by atoms with Crippen LogP contribution in [0.1, 0.15) is 42.8 Å². The molecule has 1 amide bonds. The lowest BCUT2D eigenvalue weighted by molar-refractivity contribution is -0.118. The predicted molar refractivity (Wildman–Crippen MR) is 99.8 cm³/mol. The Kier molecular flexibility index (Phi) is 6.25. The highest BCUT2D eigenvalue weighted by Gasteiger charge is 2.16. The molecule has 0 aromatic carbocycles. The van der Waals surface area contributed by atoms with Crippen molar-refractivity contribution in [3.63, 3.8) is 0 Å². The number of amides is 1. The summed E-state index contributed by atoms with van der Waals surface area (Å²) in [6.07, 6.45) is 8.18. The second-order valence-corrected chi connectivity index (χ2v) is 8.15. The van der Waals surface area contributed by atoms with Gasteiger partial charge in [-0.15, -0.1) is 21.5 Å². The van der Waals surface area contributed by atoms with E-state index in [9.17, 15) is 4.79 Å². The van der Waals surface area contributed by atoms with Gasteiger partial charge in [-0.2, -0.15) is 0 Å². The van der Waals surface area contributed by atoms with E-state index in [1.54, 1.807) is 0 Å².